The summed E-state index contributed by atoms with van der Waals surface area (Å²) in [6, 6.07) is 2.57. The SMILES string of the molecule is CC(C(=O)c1ccc(OCC2CCCCC2)c(C2CC3CCCCC3CN2S(=O)(=O)C(F)(F)C(F)(F)C(F)(F)S(=O)(=O)[O-])c1)[S+]1CCOCC1. The predicted molar refractivity (Wildman–Crippen MR) is 173 cm³/mol. The molecule has 4 unspecified atom stereocenters. The van der Waals surface area contributed by atoms with Crippen LogP contribution in [0.15, 0.2) is 18.2 Å². The molecule has 0 spiro atoms. The normalized spacial score (nSPS) is 26.3. The molecular formula is C32H43F6NO8S3. The number of carbonyl (C=O) groups is 1. The molecule has 0 aromatic heterocycles. The number of halogens is 6. The molecule has 4 aliphatic rings. The van der Waals surface area contributed by atoms with E-state index in [0.29, 0.717) is 44.0 Å². The number of benzene rings is 1. The molecule has 4 atom stereocenters. The van der Waals surface area contributed by atoms with E-state index in [4.69, 9.17) is 9.47 Å². The Kier molecular flexibility index (Phi) is 11.9. The molecule has 284 valence electrons. The van der Waals surface area contributed by atoms with Crippen molar-refractivity contribution in [1.82, 2.24) is 4.31 Å². The van der Waals surface area contributed by atoms with Gasteiger partial charge in [-0.25, -0.2) is 16.8 Å². The molecule has 2 heterocycles. The number of hydrogen-bond donors (Lipinski definition) is 0. The van der Waals surface area contributed by atoms with Gasteiger partial charge in [-0.1, -0.05) is 38.5 Å². The van der Waals surface area contributed by atoms with Gasteiger partial charge in [0.2, 0.25) is 5.78 Å². The smallest absolute Gasteiger partial charge is 0.428 e. The Morgan fingerprint density at radius 1 is 0.940 bits per heavy atom. The fraction of sp³-hybridized carbons (Fsp3) is 0.781. The maximum Gasteiger partial charge on any atom is 0.428 e. The van der Waals surface area contributed by atoms with Crippen molar-refractivity contribution in [3.05, 3.63) is 29.3 Å². The summed E-state index contributed by atoms with van der Waals surface area (Å²) in [5.41, 5.74) is 0.0600. The number of hydrogen-bond acceptors (Lipinski definition) is 8. The van der Waals surface area contributed by atoms with Crippen LogP contribution in [0.2, 0.25) is 0 Å². The van der Waals surface area contributed by atoms with E-state index in [1.54, 1.807) is 6.92 Å². The van der Waals surface area contributed by atoms with Gasteiger partial charge in [-0.2, -0.15) is 30.6 Å². The molecule has 2 aliphatic carbocycles. The minimum atomic E-state index is -7.44. The molecule has 1 aromatic rings. The van der Waals surface area contributed by atoms with Crippen molar-refractivity contribution in [2.24, 2.45) is 17.8 Å². The van der Waals surface area contributed by atoms with Crippen molar-refractivity contribution in [1.29, 1.82) is 0 Å². The van der Waals surface area contributed by atoms with E-state index >= 15 is 8.78 Å². The van der Waals surface area contributed by atoms with Crippen LogP contribution in [0, 0.1) is 17.8 Å². The Hall–Kier alpha value is -1.60. The Labute approximate surface area is 292 Å². The second-order valence-corrected chi connectivity index (χ2v) is 19.8. The highest BCUT2D eigenvalue weighted by atomic mass is 32.2. The quantitative estimate of drug-likeness (QED) is 0.108. The Morgan fingerprint density at radius 2 is 1.54 bits per heavy atom. The Morgan fingerprint density at radius 3 is 2.16 bits per heavy atom. The van der Waals surface area contributed by atoms with E-state index in [1.165, 1.54) is 18.2 Å². The zero-order valence-electron chi connectivity index (χ0n) is 27.6. The van der Waals surface area contributed by atoms with Gasteiger partial charge in [0, 0.05) is 28.6 Å². The highest BCUT2D eigenvalue weighted by Crippen LogP contribution is 2.55. The van der Waals surface area contributed by atoms with Crippen LogP contribution < -0.4 is 4.74 Å². The standard InChI is InChI=1S/C32H43F6NO8S3/c1-21(48-15-13-46-14-16-48)29(40)24-11-12-28(47-20-22-7-3-2-4-8-22)26(17-24)27-18-23-9-5-6-10-25(23)19-39(27)49(41,42)31(35,36)30(33,34)32(37,38)50(43,44)45/h11-12,17,21-23,25,27H,2-10,13-16,18-20H2,1H3. The van der Waals surface area contributed by atoms with Gasteiger partial charge in [-0.15, -0.1) is 0 Å². The van der Waals surface area contributed by atoms with Gasteiger partial charge in [0.1, 0.15) is 17.3 Å². The zero-order chi connectivity index (χ0) is 36.7. The molecule has 18 heteroatoms. The van der Waals surface area contributed by atoms with Gasteiger partial charge < -0.3 is 14.0 Å². The van der Waals surface area contributed by atoms with Crippen LogP contribution in [0.5, 0.6) is 5.75 Å². The number of Topliss-reactive ketones (excluding diaryl/α,β-unsaturated/α-hetero) is 1. The molecule has 2 saturated heterocycles. The number of fused-ring (bicyclic) bond motifs is 1. The van der Waals surface area contributed by atoms with Crippen LogP contribution in [0.1, 0.15) is 93.1 Å². The maximum atomic E-state index is 15.6. The average Bonchev–Trinajstić information content (AvgIpc) is 3.09. The van der Waals surface area contributed by atoms with E-state index in [-0.39, 0.29) is 62.7 Å². The lowest BCUT2D eigenvalue weighted by atomic mass is 9.72. The third-order valence-electron chi connectivity index (χ3n) is 10.7. The highest BCUT2D eigenvalue weighted by molar-refractivity contribution is 7.98. The Balaban J connectivity index is 1.60. The van der Waals surface area contributed by atoms with Crippen molar-refractivity contribution in [2.75, 3.05) is 37.9 Å². The van der Waals surface area contributed by atoms with E-state index in [2.05, 4.69) is 0 Å². The first kappa shape index (κ1) is 39.6. The molecule has 5 rings (SSSR count). The molecular weight excluding hydrogens is 737 g/mol. The molecule has 0 amide bonds. The number of ketones is 1. The topological polar surface area (TPSA) is 130 Å². The lowest BCUT2D eigenvalue weighted by Gasteiger charge is -2.47. The van der Waals surface area contributed by atoms with E-state index in [0.717, 1.165) is 38.5 Å². The molecule has 0 N–H and O–H groups in total. The van der Waals surface area contributed by atoms with Gasteiger partial charge in [0.15, 0.2) is 15.4 Å². The number of sulfonamides is 1. The van der Waals surface area contributed by atoms with Crippen molar-refractivity contribution in [3.8, 4) is 5.75 Å². The third-order valence-corrected chi connectivity index (χ3v) is 16.1. The minimum absolute atomic E-state index is 0.0373. The van der Waals surface area contributed by atoms with Gasteiger partial charge >= 0.3 is 16.4 Å². The first-order chi connectivity index (χ1) is 23.3. The first-order valence-electron chi connectivity index (χ1n) is 17.0. The van der Waals surface area contributed by atoms with Crippen molar-refractivity contribution >= 4 is 36.8 Å². The molecule has 2 saturated carbocycles. The second kappa shape index (κ2) is 15.0. The monoisotopic (exact) mass is 779 g/mol. The molecule has 1 aromatic carbocycles. The van der Waals surface area contributed by atoms with E-state index in [1.807, 2.05) is 0 Å². The maximum absolute atomic E-state index is 15.6. The fourth-order valence-corrected chi connectivity index (χ4v) is 11.9. The number of rotatable bonds is 12. The van der Waals surface area contributed by atoms with Crippen LogP contribution >= 0.6 is 0 Å². The highest BCUT2D eigenvalue weighted by Gasteiger charge is 2.81. The minimum Gasteiger partial charge on any atom is -0.743 e. The number of ether oxygens (including phenoxy) is 2. The van der Waals surface area contributed by atoms with E-state index in [9.17, 15) is 43.7 Å². The third kappa shape index (κ3) is 7.44. The predicted octanol–water partition coefficient (Wildman–Crippen LogP) is 6.11. The van der Waals surface area contributed by atoms with Crippen molar-refractivity contribution in [3.63, 3.8) is 0 Å². The molecule has 2 aliphatic heterocycles. The molecule has 9 nitrogen and oxygen atoms in total. The lowest BCUT2D eigenvalue weighted by Crippen LogP contribution is -2.64. The molecule has 4 fully saturated rings. The largest absolute Gasteiger partial charge is 0.743 e. The summed E-state index contributed by atoms with van der Waals surface area (Å²) >= 11 is 0. The summed E-state index contributed by atoms with van der Waals surface area (Å²) in [5, 5.41) is -14.2. The van der Waals surface area contributed by atoms with Gasteiger partial charge in [0.05, 0.1) is 25.9 Å². The molecule has 50 heavy (non-hydrogen) atoms. The number of carbonyl (C=O) groups excluding carboxylic acids is 1. The van der Waals surface area contributed by atoms with Crippen LogP contribution in [0.4, 0.5) is 26.3 Å². The summed E-state index contributed by atoms with van der Waals surface area (Å²) in [6.07, 6.45) is 6.73. The number of piperidine rings is 1. The lowest BCUT2D eigenvalue weighted by molar-refractivity contribution is -0.247. The average molecular weight is 780 g/mol. The number of nitrogens with zero attached hydrogens (tertiary/aromatic N) is 1. The van der Waals surface area contributed by atoms with Crippen molar-refractivity contribution < 1.29 is 62.0 Å². The molecule has 0 bridgehead atoms. The molecule has 0 radical (unpaired) electrons. The summed E-state index contributed by atoms with van der Waals surface area (Å²) < 4.78 is 161. The van der Waals surface area contributed by atoms with Crippen LogP contribution in [-0.4, -0.2) is 91.0 Å². The van der Waals surface area contributed by atoms with Gasteiger partial charge in [-0.05, 0) is 68.6 Å². The number of alkyl halides is 6. The summed E-state index contributed by atoms with van der Waals surface area (Å²) in [4.78, 5) is 13.8. The van der Waals surface area contributed by atoms with E-state index < -0.39 is 60.3 Å². The Bertz CT molecular complexity index is 1600. The van der Waals surface area contributed by atoms with Crippen LogP contribution in [0.25, 0.3) is 0 Å². The van der Waals surface area contributed by atoms with Gasteiger partial charge in [0.25, 0.3) is 10.0 Å². The summed E-state index contributed by atoms with van der Waals surface area (Å²) in [7, 11) is -14.6. The first-order valence-corrected chi connectivity index (χ1v) is 21.4. The zero-order valence-corrected chi connectivity index (χ0v) is 30.1. The summed E-state index contributed by atoms with van der Waals surface area (Å²) in [5.74, 6) is -6.84. The van der Waals surface area contributed by atoms with Crippen LogP contribution in [0.3, 0.4) is 0 Å². The van der Waals surface area contributed by atoms with Crippen molar-refractivity contribution in [2.45, 2.75) is 98.9 Å². The van der Waals surface area contributed by atoms with Gasteiger partial charge in [-0.3, -0.25) is 4.79 Å². The fourth-order valence-electron chi connectivity index (χ4n) is 7.71. The van der Waals surface area contributed by atoms with Crippen LogP contribution in [-0.2, 0) is 35.8 Å². The second-order valence-electron chi connectivity index (χ2n) is 13.8. The summed E-state index contributed by atoms with van der Waals surface area (Å²) in [6.45, 7) is 2.12.